The molecule has 0 aliphatic heterocycles. The summed E-state index contributed by atoms with van der Waals surface area (Å²) < 4.78 is 0. The molecular formula is C24H31ClN2O2S. The van der Waals surface area contributed by atoms with E-state index in [0.717, 1.165) is 11.3 Å². The molecule has 0 spiro atoms. The van der Waals surface area contributed by atoms with E-state index in [1.165, 1.54) is 16.7 Å². The molecule has 0 bridgehead atoms. The lowest BCUT2D eigenvalue weighted by molar-refractivity contribution is -0.138. The maximum absolute atomic E-state index is 13.1. The molecule has 4 nitrogen and oxygen atoms in total. The molecule has 0 heterocycles. The summed E-state index contributed by atoms with van der Waals surface area (Å²) in [6, 6.07) is 13.3. The van der Waals surface area contributed by atoms with Crippen LogP contribution in [-0.2, 0) is 21.9 Å². The molecule has 0 radical (unpaired) electrons. The van der Waals surface area contributed by atoms with Crippen LogP contribution in [0, 0.1) is 13.8 Å². The summed E-state index contributed by atoms with van der Waals surface area (Å²) in [7, 11) is 0. The monoisotopic (exact) mass is 446 g/mol. The van der Waals surface area contributed by atoms with Gasteiger partial charge in [-0.15, -0.1) is 11.8 Å². The van der Waals surface area contributed by atoms with Crippen molar-refractivity contribution in [2.24, 2.45) is 0 Å². The molecule has 2 aromatic carbocycles. The molecule has 2 rings (SSSR count). The second kappa shape index (κ2) is 11.4. The molecule has 1 N–H and O–H groups in total. The summed E-state index contributed by atoms with van der Waals surface area (Å²) in [5.74, 6) is 0.856. The fourth-order valence-corrected chi connectivity index (χ4v) is 4.37. The highest BCUT2D eigenvalue weighted by atomic mass is 35.5. The SMILES string of the molecule is Cc1cc(C)cc(CSCC(=O)N(Cc2cccc(Cl)c2)C(C)C(=O)NC(C)C)c1. The van der Waals surface area contributed by atoms with E-state index >= 15 is 0 Å². The van der Waals surface area contributed by atoms with Crippen molar-refractivity contribution in [3.63, 3.8) is 0 Å². The first-order chi connectivity index (χ1) is 14.2. The number of thioether (sulfide) groups is 1. The van der Waals surface area contributed by atoms with Crippen molar-refractivity contribution in [1.82, 2.24) is 10.2 Å². The van der Waals surface area contributed by atoms with Gasteiger partial charge in [-0.1, -0.05) is 53.1 Å². The predicted molar refractivity (Wildman–Crippen MR) is 127 cm³/mol. The highest BCUT2D eigenvalue weighted by Crippen LogP contribution is 2.19. The van der Waals surface area contributed by atoms with E-state index in [4.69, 9.17) is 11.6 Å². The quantitative estimate of drug-likeness (QED) is 0.580. The summed E-state index contributed by atoms with van der Waals surface area (Å²) in [5.41, 5.74) is 4.55. The average molecular weight is 447 g/mol. The van der Waals surface area contributed by atoms with Crippen LogP contribution in [0.4, 0.5) is 0 Å². The van der Waals surface area contributed by atoms with Crippen LogP contribution < -0.4 is 5.32 Å². The van der Waals surface area contributed by atoms with Gasteiger partial charge in [-0.05, 0) is 57.9 Å². The van der Waals surface area contributed by atoms with Gasteiger partial charge in [0, 0.05) is 23.4 Å². The van der Waals surface area contributed by atoms with E-state index in [-0.39, 0.29) is 17.9 Å². The van der Waals surface area contributed by atoms with Crippen molar-refractivity contribution in [2.75, 3.05) is 5.75 Å². The fraction of sp³-hybridized carbons (Fsp3) is 0.417. The van der Waals surface area contributed by atoms with Gasteiger partial charge in [0.15, 0.2) is 0 Å². The third-order valence-corrected chi connectivity index (χ3v) is 5.84. The molecular weight excluding hydrogens is 416 g/mol. The lowest BCUT2D eigenvalue weighted by Crippen LogP contribution is -2.49. The normalized spacial score (nSPS) is 12.0. The number of carbonyl (C=O) groups excluding carboxylic acids is 2. The number of aryl methyl sites for hydroxylation is 2. The molecule has 6 heteroatoms. The second-order valence-electron chi connectivity index (χ2n) is 7.98. The molecule has 162 valence electrons. The molecule has 0 fully saturated rings. The fourth-order valence-electron chi connectivity index (χ4n) is 3.31. The first-order valence-corrected chi connectivity index (χ1v) is 11.7. The van der Waals surface area contributed by atoms with E-state index in [2.05, 4.69) is 37.4 Å². The Balaban J connectivity index is 2.09. The smallest absolute Gasteiger partial charge is 0.242 e. The Morgan fingerprint density at radius 1 is 1.03 bits per heavy atom. The van der Waals surface area contributed by atoms with Gasteiger partial charge in [0.1, 0.15) is 6.04 Å². The number of hydrogen-bond donors (Lipinski definition) is 1. The van der Waals surface area contributed by atoms with Crippen LogP contribution in [0.1, 0.15) is 43.0 Å². The lowest BCUT2D eigenvalue weighted by Gasteiger charge is -2.29. The Morgan fingerprint density at radius 2 is 1.70 bits per heavy atom. The lowest BCUT2D eigenvalue weighted by atomic mass is 10.1. The molecule has 2 aromatic rings. The van der Waals surface area contributed by atoms with Crippen LogP contribution >= 0.6 is 23.4 Å². The summed E-state index contributed by atoms with van der Waals surface area (Å²) in [6.45, 7) is 10.1. The van der Waals surface area contributed by atoms with Crippen LogP contribution in [0.2, 0.25) is 5.02 Å². The van der Waals surface area contributed by atoms with Crippen LogP contribution in [-0.4, -0.2) is 34.6 Å². The van der Waals surface area contributed by atoms with Crippen molar-refractivity contribution in [1.29, 1.82) is 0 Å². The molecule has 1 unspecified atom stereocenters. The van der Waals surface area contributed by atoms with Crippen molar-refractivity contribution in [2.45, 2.75) is 59.0 Å². The van der Waals surface area contributed by atoms with Crippen LogP contribution in [0.5, 0.6) is 0 Å². The van der Waals surface area contributed by atoms with Crippen molar-refractivity contribution < 1.29 is 9.59 Å². The minimum atomic E-state index is -0.569. The molecule has 0 aliphatic carbocycles. The van der Waals surface area contributed by atoms with E-state index in [0.29, 0.717) is 17.3 Å². The summed E-state index contributed by atoms with van der Waals surface area (Å²) in [4.78, 5) is 27.3. The number of hydrogen-bond acceptors (Lipinski definition) is 3. The van der Waals surface area contributed by atoms with Gasteiger partial charge >= 0.3 is 0 Å². The van der Waals surface area contributed by atoms with Crippen molar-refractivity contribution in [3.8, 4) is 0 Å². The number of amides is 2. The Labute approximate surface area is 189 Å². The number of nitrogens with zero attached hydrogens (tertiary/aromatic N) is 1. The Hall–Kier alpha value is -1.98. The average Bonchev–Trinajstić information content (AvgIpc) is 2.64. The summed E-state index contributed by atoms with van der Waals surface area (Å²) in [5, 5.41) is 3.52. The maximum atomic E-state index is 13.1. The Kier molecular flexibility index (Phi) is 9.25. The van der Waals surface area contributed by atoms with Gasteiger partial charge in [-0.3, -0.25) is 9.59 Å². The Morgan fingerprint density at radius 3 is 2.30 bits per heavy atom. The molecule has 2 amide bonds. The van der Waals surface area contributed by atoms with Gasteiger partial charge in [0.2, 0.25) is 11.8 Å². The zero-order valence-electron chi connectivity index (χ0n) is 18.4. The highest BCUT2D eigenvalue weighted by Gasteiger charge is 2.26. The van der Waals surface area contributed by atoms with Crippen LogP contribution in [0.3, 0.4) is 0 Å². The molecule has 0 aliphatic rings. The number of halogens is 1. The topological polar surface area (TPSA) is 49.4 Å². The van der Waals surface area contributed by atoms with Gasteiger partial charge in [-0.25, -0.2) is 0 Å². The zero-order chi connectivity index (χ0) is 22.3. The van der Waals surface area contributed by atoms with Crippen molar-refractivity contribution >= 4 is 35.2 Å². The van der Waals surface area contributed by atoms with Gasteiger partial charge in [0.25, 0.3) is 0 Å². The number of rotatable bonds is 9. The van der Waals surface area contributed by atoms with Crippen molar-refractivity contribution in [3.05, 3.63) is 69.7 Å². The van der Waals surface area contributed by atoms with E-state index in [1.807, 2.05) is 32.0 Å². The molecule has 1 atom stereocenters. The minimum absolute atomic E-state index is 0.0157. The standard InChI is InChI=1S/C24H31ClN2O2S/c1-16(2)26-24(29)19(5)27(13-20-7-6-8-22(25)12-20)23(28)15-30-14-21-10-17(3)9-18(4)11-21/h6-12,16,19H,13-15H2,1-5H3,(H,26,29). The molecule has 0 aromatic heterocycles. The molecule has 30 heavy (non-hydrogen) atoms. The number of carbonyl (C=O) groups is 2. The third kappa shape index (κ3) is 7.69. The third-order valence-electron chi connectivity index (χ3n) is 4.62. The van der Waals surface area contributed by atoms with E-state index in [9.17, 15) is 9.59 Å². The molecule has 0 saturated heterocycles. The number of nitrogens with one attached hydrogen (secondary N) is 1. The van der Waals surface area contributed by atoms with Gasteiger partial charge in [0.05, 0.1) is 5.75 Å². The van der Waals surface area contributed by atoms with Gasteiger partial charge in [-0.2, -0.15) is 0 Å². The van der Waals surface area contributed by atoms with Crippen LogP contribution in [0.15, 0.2) is 42.5 Å². The Bertz CT molecular complexity index is 865. The summed E-state index contributed by atoms with van der Waals surface area (Å²) >= 11 is 7.68. The summed E-state index contributed by atoms with van der Waals surface area (Å²) in [6.07, 6.45) is 0. The largest absolute Gasteiger partial charge is 0.352 e. The number of benzene rings is 2. The van der Waals surface area contributed by atoms with E-state index < -0.39 is 6.04 Å². The predicted octanol–water partition coefficient (Wildman–Crippen LogP) is 5.13. The maximum Gasteiger partial charge on any atom is 0.242 e. The van der Waals surface area contributed by atoms with Gasteiger partial charge < -0.3 is 10.2 Å². The van der Waals surface area contributed by atoms with Crippen LogP contribution in [0.25, 0.3) is 0 Å². The van der Waals surface area contributed by atoms with E-state index in [1.54, 1.807) is 29.7 Å². The highest BCUT2D eigenvalue weighted by molar-refractivity contribution is 7.99. The minimum Gasteiger partial charge on any atom is -0.352 e. The molecule has 0 saturated carbocycles. The first kappa shape index (κ1) is 24.3. The second-order valence-corrected chi connectivity index (χ2v) is 9.40. The zero-order valence-corrected chi connectivity index (χ0v) is 19.9. The first-order valence-electron chi connectivity index (χ1n) is 10.1.